The third-order valence-corrected chi connectivity index (χ3v) is 1.62. The highest BCUT2D eigenvalue weighted by Gasteiger charge is 2.35. The standard InChI is InChI=1S/C8H2F6N2/c9-6-3(7(10)11)1-5(8(12,13)14)16-4(6)2-15/h1,7H. The Morgan fingerprint density at radius 1 is 1.31 bits per heavy atom. The van der Waals surface area contributed by atoms with E-state index >= 15 is 0 Å². The van der Waals surface area contributed by atoms with Gasteiger partial charge in [0.2, 0.25) is 0 Å². The molecule has 0 amide bonds. The second kappa shape index (κ2) is 4.00. The van der Waals surface area contributed by atoms with Crippen LogP contribution in [0.3, 0.4) is 0 Å². The van der Waals surface area contributed by atoms with Crippen molar-refractivity contribution in [2.45, 2.75) is 12.6 Å². The first-order valence-corrected chi connectivity index (χ1v) is 3.73. The molecule has 0 saturated heterocycles. The highest BCUT2D eigenvalue weighted by molar-refractivity contribution is 5.32. The summed E-state index contributed by atoms with van der Waals surface area (Å²) in [6, 6.07) is 0.873. The maximum Gasteiger partial charge on any atom is 0.433 e. The van der Waals surface area contributed by atoms with Gasteiger partial charge in [-0.25, -0.2) is 18.2 Å². The van der Waals surface area contributed by atoms with E-state index in [-0.39, 0.29) is 6.07 Å². The normalized spacial score (nSPS) is 11.6. The van der Waals surface area contributed by atoms with Crippen LogP contribution in [-0.2, 0) is 6.18 Å². The minimum atomic E-state index is -5.01. The summed E-state index contributed by atoms with van der Waals surface area (Å²) in [5, 5.41) is 8.25. The number of hydrogen-bond acceptors (Lipinski definition) is 2. The van der Waals surface area contributed by atoms with Crippen LogP contribution in [0, 0.1) is 17.1 Å². The summed E-state index contributed by atoms with van der Waals surface area (Å²) < 4.78 is 73.7. The Kier molecular flexibility index (Phi) is 3.07. The molecule has 0 aliphatic carbocycles. The van der Waals surface area contributed by atoms with Gasteiger partial charge in [0.15, 0.2) is 11.5 Å². The number of pyridine rings is 1. The monoisotopic (exact) mass is 240 g/mol. The van der Waals surface area contributed by atoms with Gasteiger partial charge in [0, 0.05) is 0 Å². The van der Waals surface area contributed by atoms with Crippen LogP contribution in [0.1, 0.15) is 23.4 Å². The van der Waals surface area contributed by atoms with Crippen LogP contribution in [0.15, 0.2) is 6.07 Å². The number of aromatic nitrogens is 1. The molecule has 0 N–H and O–H groups in total. The van der Waals surface area contributed by atoms with Crippen molar-refractivity contribution in [1.82, 2.24) is 4.98 Å². The molecule has 1 aromatic heterocycles. The van der Waals surface area contributed by atoms with Crippen LogP contribution in [-0.4, -0.2) is 4.98 Å². The van der Waals surface area contributed by atoms with Gasteiger partial charge in [0.25, 0.3) is 6.43 Å². The summed E-state index contributed by atoms with van der Waals surface area (Å²) >= 11 is 0. The van der Waals surface area contributed by atoms with Crippen LogP contribution in [0.5, 0.6) is 0 Å². The Morgan fingerprint density at radius 3 is 2.25 bits per heavy atom. The molecule has 0 saturated carbocycles. The van der Waals surface area contributed by atoms with Crippen molar-refractivity contribution in [2.75, 3.05) is 0 Å². The lowest BCUT2D eigenvalue weighted by Crippen LogP contribution is -2.12. The maximum absolute atomic E-state index is 13.0. The zero-order chi connectivity index (χ0) is 12.5. The molecule has 0 aromatic carbocycles. The van der Waals surface area contributed by atoms with E-state index in [9.17, 15) is 26.3 Å². The molecule has 0 aliphatic heterocycles. The largest absolute Gasteiger partial charge is 0.433 e. The Balaban J connectivity index is 3.48. The lowest BCUT2D eigenvalue weighted by Gasteiger charge is -2.09. The average molecular weight is 240 g/mol. The van der Waals surface area contributed by atoms with Gasteiger partial charge in [0.05, 0.1) is 5.56 Å². The second-order valence-corrected chi connectivity index (χ2v) is 2.67. The number of hydrogen-bond donors (Lipinski definition) is 0. The average Bonchev–Trinajstić information content (AvgIpc) is 2.15. The summed E-state index contributed by atoms with van der Waals surface area (Å²) in [7, 11) is 0. The molecule has 8 heteroatoms. The first-order chi connectivity index (χ1) is 7.27. The summed E-state index contributed by atoms with van der Waals surface area (Å²) in [6.45, 7) is 0. The molecule has 0 spiro atoms. The van der Waals surface area contributed by atoms with E-state index in [4.69, 9.17) is 5.26 Å². The predicted molar refractivity (Wildman–Crippen MR) is 38.9 cm³/mol. The molecule has 0 radical (unpaired) electrons. The topological polar surface area (TPSA) is 36.7 Å². The molecule has 0 aliphatic rings. The first-order valence-electron chi connectivity index (χ1n) is 3.73. The van der Waals surface area contributed by atoms with Gasteiger partial charge in [-0.05, 0) is 6.07 Å². The summed E-state index contributed by atoms with van der Waals surface area (Å²) in [5.41, 5.74) is -4.51. The summed E-state index contributed by atoms with van der Waals surface area (Å²) in [6.07, 6.45) is -8.46. The smallest absolute Gasteiger partial charge is 0.230 e. The van der Waals surface area contributed by atoms with Gasteiger partial charge in [-0.2, -0.15) is 18.4 Å². The van der Waals surface area contributed by atoms with Gasteiger partial charge in [-0.1, -0.05) is 0 Å². The third-order valence-electron chi connectivity index (χ3n) is 1.62. The molecule has 0 atom stereocenters. The van der Waals surface area contributed by atoms with Crippen molar-refractivity contribution in [2.24, 2.45) is 0 Å². The molecule has 1 heterocycles. The van der Waals surface area contributed by atoms with Crippen molar-refractivity contribution in [3.63, 3.8) is 0 Å². The van der Waals surface area contributed by atoms with Crippen LogP contribution in [0.4, 0.5) is 26.3 Å². The van der Waals surface area contributed by atoms with Crippen molar-refractivity contribution in [1.29, 1.82) is 5.26 Å². The van der Waals surface area contributed by atoms with E-state index < -0.39 is 35.4 Å². The van der Waals surface area contributed by atoms with E-state index in [2.05, 4.69) is 4.98 Å². The highest BCUT2D eigenvalue weighted by atomic mass is 19.4. The quantitative estimate of drug-likeness (QED) is 0.707. The Bertz CT molecular complexity index is 445. The van der Waals surface area contributed by atoms with Gasteiger partial charge >= 0.3 is 6.18 Å². The predicted octanol–water partition coefficient (Wildman–Crippen LogP) is 3.05. The number of nitrogens with zero attached hydrogens (tertiary/aromatic N) is 2. The van der Waals surface area contributed by atoms with Crippen LogP contribution in [0.2, 0.25) is 0 Å². The Labute approximate surface area is 85.1 Å². The summed E-state index contributed by atoms with van der Waals surface area (Å²) in [5.74, 6) is -1.73. The van der Waals surface area contributed by atoms with E-state index in [1.807, 2.05) is 0 Å². The zero-order valence-corrected chi connectivity index (χ0v) is 7.32. The van der Waals surface area contributed by atoms with E-state index in [1.165, 1.54) is 0 Å². The minimum Gasteiger partial charge on any atom is -0.230 e. The van der Waals surface area contributed by atoms with Gasteiger partial charge in [-0.15, -0.1) is 0 Å². The van der Waals surface area contributed by atoms with Gasteiger partial charge < -0.3 is 0 Å². The fourth-order valence-corrected chi connectivity index (χ4v) is 0.927. The summed E-state index contributed by atoms with van der Waals surface area (Å²) in [4.78, 5) is 2.61. The SMILES string of the molecule is N#Cc1nc(C(F)(F)F)cc(C(F)F)c1F. The fraction of sp³-hybridized carbons (Fsp3) is 0.250. The lowest BCUT2D eigenvalue weighted by atomic mass is 10.2. The number of halogens is 6. The lowest BCUT2D eigenvalue weighted by molar-refractivity contribution is -0.141. The first kappa shape index (κ1) is 12.3. The maximum atomic E-state index is 13.0. The molecule has 0 fully saturated rings. The second-order valence-electron chi connectivity index (χ2n) is 2.67. The van der Waals surface area contributed by atoms with Crippen molar-refractivity contribution in [3.8, 4) is 6.07 Å². The van der Waals surface area contributed by atoms with E-state index in [0.717, 1.165) is 6.07 Å². The van der Waals surface area contributed by atoms with Crippen LogP contribution >= 0.6 is 0 Å². The molecular weight excluding hydrogens is 238 g/mol. The Morgan fingerprint density at radius 2 is 1.88 bits per heavy atom. The van der Waals surface area contributed by atoms with Crippen molar-refractivity contribution < 1.29 is 26.3 Å². The molecular formula is C8H2F6N2. The number of alkyl halides is 5. The van der Waals surface area contributed by atoms with E-state index in [1.54, 1.807) is 0 Å². The third kappa shape index (κ3) is 2.24. The molecule has 1 rings (SSSR count). The minimum absolute atomic E-state index is 0.110. The molecule has 1 aromatic rings. The fourth-order valence-electron chi connectivity index (χ4n) is 0.927. The van der Waals surface area contributed by atoms with E-state index in [0.29, 0.717) is 0 Å². The number of nitriles is 1. The van der Waals surface area contributed by atoms with Crippen LogP contribution < -0.4 is 0 Å². The molecule has 16 heavy (non-hydrogen) atoms. The Hall–Kier alpha value is -1.78. The highest BCUT2D eigenvalue weighted by Crippen LogP contribution is 2.32. The number of rotatable bonds is 1. The molecule has 0 unspecified atom stereocenters. The van der Waals surface area contributed by atoms with Crippen molar-refractivity contribution in [3.05, 3.63) is 28.8 Å². The van der Waals surface area contributed by atoms with Crippen LogP contribution in [0.25, 0.3) is 0 Å². The molecule has 0 bridgehead atoms. The zero-order valence-electron chi connectivity index (χ0n) is 7.32. The van der Waals surface area contributed by atoms with Crippen molar-refractivity contribution >= 4 is 0 Å². The molecule has 2 nitrogen and oxygen atoms in total. The molecule has 86 valence electrons. The van der Waals surface area contributed by atoms with Gasteiger partial charge in [0.1, 0.15) is 11.8 Å². The van der Waals surface area contributed by atoms with Gasteiger partial charge in [-0.3, -0.25) is 0 Å².